The summed E-state index contributed by atoms with van der Waals surface area (Å²) in [6.07, 6.45) is 0. The molecule has 1 atom stereocenters. The third kappa shape index (κ3) is 2.55. The Morgan fingerprint density at radius 1 is 1.00 bits per heavy atom. The number of phenols is 1. The number of halogens is 2. The van der Waals surface area contributed by atoms with E-state index in [1.54, 1.807) is 6.07 Å². The molecule has 0 radical (unpaired) electrons. The molecule has 0 aromatic heterocycles. The summed E-state index contributed by atoms with van der Waals surface area (Å²) in [5, 5.41) is 10.5. The van der Waals surface area contributed by atoms with E-state index in [0.29, 0.717) is 15.6 Å². The minimum Gasteiger partial charge on any atom is -0.508 e. The number of benzene rings is 2. The van der Waals surface area contributed by atoms with Gasteiger partial charge in [0.2, 0.25) is 0 Å². The first-order chi connectivity index (χ1) is 8.09. The summed E-state index contributed by atoms with van der Waals surface area (Å²) in [7, 11) is 0. The monoisotopic (exact) mass is 267 g/mol. The maximum atomic E-state index is 9.82. The Morgan fingerprint density at radius 3 is 2.24 bits per heavy atom. The van der Waals surface area contributed by atoms with Gasteiger partial charge in [0.15, 0.2) is 0 Å². The number of rotatable bonds is 2. The van der Waals surface area contributed by atoms with Crippen LogP contribution in [0.2, 0.25) is 10.0 Å². The lowest BCUT2D eigenvalue weighted by Crippen LogP contribution is -2.11. The van der Waals surface area contributed by atoms with Gasteiger partial charge in [-0.15, -0.1) is 0 Å². The molecule has 17 heavy (non-hydrogen) atoms. The minimum absolute atomic E-state index is 0.0516. The van der Waals surface area contributed by atoms with Gasteiger partial charge in [0.05, 0.1) is 16.1 Å². The summed E-state index contributed by atoms with van der Waals surface area (Å²) in [5.41, 5.74) is 7.54. The molecule has 4 heteroatoms. The van der Waals surface area contributed by atoms with Gasteiger partial charge >= 0.3 is 0 Å². The van der Waals surface area contributed by atoms with E-state index < -0.39 is 6.04 Å². The van der Waals surface area contributed by atoms with Crippen molar-refractivity contribution in [1.82, 2.24) is 0 Å². The molecule has 0 aliphatic heterocycles. The van der Waals surface area contributed by atoms with Gasteiger partial charge < -0.3 is 10.8 Å². The average Bonchev–Trinajstić information content (AvgIpc) is 2.34. The molecule has 88 valence electrons. The van der Waals surface area contributed by atoms with E-state index in [0.717, 1.165) is 5.56 Å². The average molecular weight is 268 g/mol. The molecule has 0 bridgehead atoms. The van der Waals surface area contributed by atoms with Gasteiger partial charge in [0, 0.05) is 11.6 Å². The molecule has 0 spiro atoms. The van der Waals surface area contributed by atoms with E-state index in [2.05, 4.69) is 0 Å². The lowest BCUT2D eigenvalue weighted by Gasteiger charge is -2.15. The first-order valence-electron chi connectivity index (χ1n) is 5.08. The second-order valence-corrected chi connectivity index (χ2v) is 4.53. The van der Waals surface area contributed by atoms with E-state index in [1.807, 2.05) is 30.3 Å². The second-order valence-electron chi connectivity index (χ2n) is 3.71. The zero-order valence-corrected chi connectivity index (χ0v) is 10.4. The third-order valence-corrected chi connectivity index (χ3v) is 3.29. The highest BCUT2D eigenvalue weighted by Crippen LogP contribution is 2.34. The molecular formula is C13H11Cl2NO. The van der Waals surface area contributed by atoms with Crippen LogP contribution in [0.1, 0.15) is 17.2 Å². The van der Waals surface area contributed by atoms with E-state index in [-0.39, 0.29) is 5.75 Å². The molecule has 0 saturated carbocycles. The Labute approximate surface area is 110 Å². The molecule has 1 unspecified atom stereocenters. The van der Waals surface area contributed by atoms with Crippen molar-refractivity contribution in [1.29, 1.82) is 0 Å². The van der Waals surface area contributed by atoms with Crippen molar-refractivity contribution in [2.45, 2.75) is 6.04 Å². The van der Waals surface area contributed by atoms with Gasteiger partial charge in [-0.1, -0.05) is 53.5 Å². The largest absolute Gasteiger partial charge is 0.508 e. The first kappa shape index (κ1) is 12.2. The quantitative estimate of drug-likeness (QED) is 0.871. The van der Waals surface area contributed by atoms with E-state index in [4.69, 9.17) is 28.9 Å². The van der Waals surface area contributed by atoms with Crippen molar-refractivity contribution in [3.05, 3.63) is 63.6 Å². The van der Waals surface area contributed by atoms with E-state index in [1.165, 1.54) is 6.07 Å². The van der Waals surface area contributed by atoms with Crippen LogP contribution in [0, 0.1) is 0 Å². The smallest absolute Gasteiger partial charge is 0.122 e. The highest BCUT2D eigenvalue weighted by atomic mass is 35.5. The van der Waals surface area contributed by atoms with Crippen molar-refractivity contribution in [3.8, 4) is 5.75 Å². The SMILES string of the molecule is NC(c1ccccc1)c1cc(Cl)c(Cl)cc1O. The van der Waals surface area contributed by atoms with Crippen LogP contribution in [0.5, 0.6) is 5.75 Å². The molecule has 0 fully saturated rings. The molecule has 0 aliphatic carbocycles. The number of phenolic OH excluding ortho intramolecular Hbond substituents is 1. The summed E-state index contributed by atoms with van der Waals surface area (Å²) in [5.74, 6) is 0.0516. The first-order valence-corrected chi connectivity index (χ1v) is 5.83. The molecule has 0 saturated heterocycles. The maximum absolute atomic E-state index is 9.82. The molecule has 0 amide bonds. The number of nitrogens with two attached hydrogens (primary N) is 1. The Morgan fingerprint density at radius 2 is 1.59 bits per heavy atom. The van der Waals surface area contributed by atoms with Crippen molar-refractivity contribution in [2.75, 3.05) is 0 Å². The molecule has 0 heterocycles. The topological polar surface area (TPSA) is 46.2 Å². The zero-order valence-electron chi connectivity index (χ0n) is 8.90. The third-order valence-electron chi connectivity index (χ3n) is 2.56. The van der Waals surface area contributed by atoms with Crippen LogP contribution in [0.25, 0.3) is 0 Å². The Balaban J connectivity index is 2.44. The highest BCUT2D eigenvalue weighted by molar-refractivity contribution is 6.42. The van der Waals surface area contributed by atoms with Gasteiger partial charge in [0.25, 0.3) is 0 Å². The van der Waals surface area contributed by atoms with Crippen molar-refractivity contribution in [2.24, 2.45) is 5.73 Å². The van der Waals surface area contributed by atoms with Crippen LogP contribution in [0.4, 0.5) is 0 Å². The van der Waals surface area contributed by atoms with Crippen LogP contribution in [-0.4, -0.2) is 5.11 Å². The van der Waals surface area contributed by atoms with Gasteiger partial charge in [0.1, 0.15) is 5.75 Å². The fourth-order valence-electron chi connectivity index (χ4n) is 1.64. The molecule has 2 aromatic carbocycles. The zero-order chi connectivity index (χ0) is 12.4. The maximum Gasteiger partial charge on any atom is 0.122 e. The number of hydrogen-bond donors (Lipinski definition) is 2. The summed E-state index contributed by atoms with van der Waals surface area (Å²) in [6, 6.07) is 12.1. The van der Waals surface area contributed by atoms with Gasteiger partial charge in [-0.2, -0.15) is 0 Å². The Hall–Kier alpha value is -1.22. The van der Waals surface area contributed by atoms with Crippen molar-refractivity contribution < 1.29 is 5.11 Å². The highest BCUT2D eigenvalue weighted by Gasteiger charge is 2.15. The van der Waals surface area contributed by atoms with Gasteiger partial charge in [-0.3, -0.25) is 0 Å². The predicted molar refractivity (Wildman–Crippen MR) is 70.6 cm³/mol. The normalized spacial score (nSPS) is 12.4. The summed E-state index contributed by atoms with van der Waals surface area (Å²) < 4.78 is 0. The van der Waals surface area contributed by atoms with Crippen molar-refractivity contribution >= 4 is 23.2 Å². The van der Waals surface area contributed by atoms with E-state index >= 15 is 0 Å². The van der Waals surface area contributed by atoms with Crippen LogP contribution < -0.4 is 5.73 Å². The molecule has 3 N–H and O–H groups in total. The Kier molecular flexibility index (Phi) is 3.57. The summed E-state index contributed by atoms with van der Waals surface area (Å²) in [6.45, 7) is 0. The second kappa shape index (κ2) is 4.96. The molecule has 2 aromatic rings. The van der Waals surface area contributed by atoms with Crippen LogP contribution in [0.3, 0.4) is 0 Å². The summed E-state index contributed by atoms with van der Waals surface area (Å²) >= 11 is 11.7. The minimum atomic E-state index is -0.425. The van der Waals surface area contributed by atoms with Crippen LogP contribution in [0.15, 0.2) is 42.5 Å². The fraction of sp³-hybridized carbons (Fsp3) is 0.0769. The lowest BCUT2D eigenvalue weighted by atomic mass is 9.99. The fourth-order valence-corrected chi connectivity index (χ4v) is 1.97. The Bertz CT molecular complexity index is 528. The molecule has 2 nitrogen and oxygen atoms in total. The van der Waals surface area contributed by atoms with E-state index in [9.17, 15) is 5.11 Å². The predicted octanol–water partition coefficient (Wildman–Crippen LogP) is 3.75. The van der Waals surface area contributed by atoms with Crippen LogP contribution >= 0.6 is 23.2 Å². The number of hydrogen-bond acceptors (Lipinski definition) is 2. The van der Waals surface area contributed by atoms with Crippen LogP contribution in [-0.2, 0) is 0 Å². The molecule has 0 aliphatic rings. The lowest BCUT2D eigenvalue weighted by molar-refractivity contribution is 0.465. The van der Waals surface area contributed by atoms with Gasteiger partial charge in [-0.25, -0.2) is 0 Å². The standard InChI is InChI=1S/C13H11Cl2NO/c14-10-6-9(12(17)7-11(10)15)13(16)8-4-2-1-3-5-8/h1-7,13,17H,16H2. The molecular weight excluding hydrogens is 257 g/mol. The number of aromatic hydroxyl groups is 1. The molecule has 2 rings (SSSR count). The van der Waals surface area contributed by atoms with Crippen molar-refractivity contribution in [3.63, 3.8) is 0 Å². The van der Waals surface area contributed by atoms with Gasteiger partial charge in [-0.05, 0) is 11.6 Å². The summed E-state index contributed by atoms with van der Waals surface area (Å²) in [4.78, 5) is 0.